The van der Waals surface area contributed by atoms with Gasteiger partial charge in [0.2, 0.25) is 0 Å². The fourth-order valence-electron chi connectivity index (χ4n) is 2.07. The Morgan fingerprint density at radius 2 is 2.00 bits per heavy atom. The highest BCUT2D eigenvalue weighted by Crippen LogP contribution is 2.32. The van der Waals surface area contributed by atoms with Crippen molar-refractivity contribution in [3.63, 3.8) is 0 Å². The highest BCUT2D eigenvalue weighted by atomic mass is 32.1. The summed E-state index contributed by atoms with van der Waals surface area (Å²) in [5.41, 5.74) is 7.38. The predicted molar refractivity (Wildman–Crippen MR) is 87.5 cm³/mol. The summed E-state index contributed by atoms with van der Waals surface area (Å²) in [6.07, 6.45) is 1.91. The number of anilines is 1. The van der Waals surface area contributed by atoms with E-state index in [1.165, 1.54) is 11.3 Å². The maximum absolute atomic E-state index is 11.2. The third-order valence-electron chi connectivity index (χ3n) is 3.13. The van der Waals surface area contributed by atoms with Gasteiger partial charge in [-0.15, -0.1) is 16.4 Å². The van der Waals surface area contributed by atoms with E-state index >= 15 is 0 Å². The first kappa shape index (κ1) is 14.3. The van der Waals surface area contributed by atoms with Crippen molar-refractivity contribution in [1.29, 1.82) is 0 Å². The lowest BCUT2D eigenvalue weighted by molar-refractivity contribution is 0.0996. The van der Waals surface area contributed by atoms with Crippen LogP contribution in [0.1, 0.15) is 10.5 Å². The smallest absolute Gasteiger partial charge is 0.268 e. The number of thiazole rings is 1. The number of aromatic nitrogens is 3. The number of carbonyl (C=O) groups excluding carboxylic acids is 1. The van der Waals surface area contributed by atoms with Crippen LogP contribution in [0.4, 0.5) is 5.82 Å². The molecule has 0 saturated heterocycles. The molecule has 2 aromatic heterocycles. The number of para-hydroxylation sites is 1. The van der Waals surface area contributed by atoms with E-state index in [-0.39, 0.29) is 5.69 Å². The number of nitrogens with zero attached hydrogens (tertiary/aromatic N) is 4. The van der Waals surface area contributed by atoms with Crippen molar-refractivity contribution in [2.75, 3.05) is 19.0 Å². The van der Waals surface area contributed by atoms with Gasteiger partial charge in [0, 0.05) is 25.7 Å². The Balaban J connectivity index is 2.09. The van der Waals surface area contributed by atoms with E-state index in [2.05, 4.69) is 10.1 Å². The number of hydrogen-bond acceptors (Lipinski definition) is 5. The molecule has 0 saturated carbocycles. The molecular weight excluding hydrogens is 298 g/mol. The largest absolute Gasteiger partial charge is 0.364 e. The fraction of sp³-hybridized carbons (Fsp3) is 0.133. The number of primary amides is 1. The van der Waals surface area contributed by atoms with Crippen molar-refractivity contribution >= 4 is 23.1 Å². The minimum absolute atomic E-state index is 0.275. The van der Waals surface area contributed by atoms with Gasteiger partial charge in [0.1, 0.15) is 10.7 Å². The third kappa shape index (κ3) is 2.58. The van der Waals surface area contributed by atoms with Crippen molar-refractivity contribution < 1.29 is 4.79 Å². The van der Waals surface area contributed by atoms with E-state index in [9.17, 15) is 4.79 Å². The lowest BCUT2D eigenvalue weighted by atomic mass is 10.3. The molecule has 6 nitrogen and oxygen atoms in total. The minimum Gasteiger partial charge on any atom is -0.364 e. The number of hydrogen-bond donors (Lipinski definition) is 1. The molecule has 3 aromatic rings. The van der Waals surface area contributed by atoms with Crippen LogP contribution in [0.2, 0.25) is 0 Å². The van der Waals surface area contributed by atoms with E-state index in [1.54, 1.807) is 10.1 Å². The zero-order valence-corrected chi connectivity index (χ0v) is 13.0. The minimum atomic E-state index is -0.524. The van der Waals surface area contributed by atoms with Gasteiger partial charge in [-0.05, 0) is 12.1 Å². The average molecular weight is 313 g/mol. The highest BCUT2D eigenvalue weighted by Gasteiger charge is 2.17. The maximum Gasteiger partial charge on any atom is 0.268 e. The van der Waals surface area contributed by atoms with Crippen LogP contribution in [0.3, 0.4) is 0 Å². The molecular formula is C15H15N5OS. The molecule has 22 heavy (non-hydrogen) atoms. The van der Waals surface area contributed by atoms with Gasteiger partial charge in [0.25, 0.3) is 5.91 Å². The molecule has 3 rings (SSSR count). The van der Waals surface area contributed by atoms with Crippen molar-refractivity contribution in [3.05, 3.63) is 47.6 Å². The van der Waals surface area contributed by atoms with Crippen LogP contribution in [0, 0.1) is 0 Å². The van der Waals surface area contributed by atoms with Crippen LogP contribution in [-0.4, -0.2) is 34.8 Å². The number of rotatable bonds is 4. The van der Waals surface area contributed by atoms with Gasteiger partial charge in [0.15, 0.2) is 5.82 Å². The summed E-state index contributed by atoms with van der Waals surface area (Å²) in [5.74, 6) is 0.263. The molecule has 2 heterocycles. The highest BCUT2D eigenvalue weighted by molar-refractivity contribution is 7.13. The van der Waals surface area contributed by atoms with Gasteiger partial charge in [0.05, 0.1) is 11.3 Å². The van der Waals surface area contributed by atoms with Crippen LogP contribution >= 0.6 is 11.3 Å². The predicted octanol–water partition coefficient (Wildman–Crippen LogP) is 2.16. The SMILES string of the molecule is CN(C)c1nn(-c2ccccc2)cc1-c1nc(C(N)=O)cs1. The maximum atomic E-state index is 11.2. The normalized spacial score (nSPS) is 10.6. The van der Waals surface area contributed by atoms with Crippen molar-refractivity contribution in [2.24, 2.45) is 5.73 Å². The second kappa shape index (κ2) is 5.61. The monoisotopic (exact) mass is 313 g/mol. The lowest BCUT2D eigenvalue weighted by Crippen LogP contribution is -2.12. The van der Waals surface area contributed by atoms with E-state index in [0.29, 0.717) is 0 Å². The van der Waals surface area contributed by atoms with Gasteiger partial charge < -0.3 is 10.6 Å². The summed E-state index contributed by atoms with van der Waals surface area (Å²) in [4.78, 5) is 17.4. The molecule has 0 unspecified atom stereocenters. The zero-order chi connectivity index (χ0) is 15.7. The van der Waals surface area contributed by atoms with Crippen molar-refractivity contribution in [1.82, 2.24) is 14.8 Å². The van der Waals surface area contributed by atoms with Gasteiger partial charge in [-0.25, -0.2) is 9.67 Å². The van der Waals surface area contributed by atoms with E-state index in [0.717, 1.165) is 22.1 Å². The quantitative estimate of drug-likeness (QED) is 0.800. The molecule has 0 bridgehead atoms. The Bertz CT molecular complexity index is 806. The first-order valence-corrected chi connectivity index (χ1v) is 7.52. The number of amides is 1. The Morgan fingerprint density at radius 1 is 1.27 bits per heavy atom. The van der Waals surface area contributed by atoms with Crippen LogP contribution in [0.5, 0.6) is 0 Å². The van der Waals surface area contributed by atoms with Crippen molar-refractivity contribution in [2.45, 2.75) is 0 Å². The molecule has 0 aliphatic carbocycles. The van der Waals surface area contributed by atoms with Crippen molar-refractivity contribution in [3.8, 4) is 16.3 Å². The van der Waals surface area contributed by atoms with Gasteiger partial charge >= 0.3 is 0 Å². The first-order valence-electron chi connectivity index (χ1n) is 6.64. The molecule has 1 aromatic carbocycles. The Morgan fingerprint density at radius 3 is 2.59 bits per heavy atom. The molecule has 7 heteroatoms. The van der Waals surface area contributed by atoms with Gasteiger partial charge in [-0.2, -0.15) is 0 Å². The van der Waals surface area contributed by atoms with Crippen LogP contribution < -0.4 is 10.6 Å². The Labute approximate surface area is 131 Å². The molecule has 0 atom stereocenters. The van der Waals surface area contributed by atoms with Crippen LogP contribution in [0.15, 0.2) is 41.9 Å². The molecule has 0 aliphatic rings. The van der Waals surface area contributed by atoms with E-state index in [4.69, 9.17) is 5.73 Å². The second-order valence-corrected chi connectivity index (χ2v) is 5.80. The Kier molecular flexibility index (Phi) is 3.64. The summed E-state index contributed by atoms with van der Waals surface area (Å²) in [6, 6.07) is 9.84. The molecule has 2 N–H and O–H groups in total. The lowest BCUT2D eigenvalue weighted by Gasteiger charge is -2.09. The molecule has 0 fully saturated rings. The topological polar surface area (TPSA) is 77.0 Å². The summed E-state index contributed by atoms with van der Waals surface area (Å²) < 4.78 is 1.80. The number of benzene rings is 1. The fourth-order valence-corrected chi connectivity index (χ4v) is 2.88. The van der Waals surface area contributed by atoms with Gasteiger partial charge in [-0.1, -0.05) is 18.2 Å². The molecule has 0 radical (unpaired) electrons. The van der Waals surface area contributed by atoms with Crippen LogP contribution in [-0.2, 0) is 0 Å². The molecule has 1 amide bonds. The summed E-state index contributed by atoms with van der Waals surface area (Å²) in [5, 5.41) is 6.99. The molecule has 112 valence electrons. The summed E-state index contributed by atoms with van der Waals surface area (Å²) in [6.45, 7) is 0. The summed E-state index contributed by atoms with van der Waals surface area (Å²) in [7, 11) is 3.84. The zero-order valence-electron chi connectivity index (χ0n) is 12.2. The number of nitrogens with two attached hydrogens (primary N) is 1. The van der Waals surface area contributed by atoms with Gasteiger partial charge in [-0.3, -0.25) is 4.79 Å². The molecule has 0 aliphatic heterocycles. The second-order valence-electron chi connectivity index (χ2n) is 4.94. The van der Waals surface area contributed by atoms with Crippen LogP contribution in [0.25, 0.3) is 16.3 Å². The first-order chi connectivity index (χ1) is 10.6. The summed E-state index contributed by atoms with van der Waals surface area (Å²) >= 11 is 1.38. The third-order valence-corrected chi connectivity index (χ3v) is 4.00. The number of carbonyl (C=O) groups is 1. The molecule has 0 spiro atoms. The average Bonchev–Trinajstić information content (AvgIpc) is 3.15. The standard InChI is InChI=1S/C15H15N5OS/c1-19(2)14-11(15-17-12(9-22-15)13(16)21)8-20(18-14)10-6-4-3-5-7-10/h3-9H,1-2H3,(H2,16,21). The van der Waals surface area contributed by atoms with E-state index in [1.807, 2.05) is 55.5 Å². The van der Waals surface area contributed by atoms with E-state index < -0.39 is 5.91 Å². The Hall–Kier alpha value is -2.67.